The molecule has 0 radical (unpaired) electrons. The Morgan fingerprint density at radius 3 is 2.49 bits per heavy atom. The standard InChI is InChI=1S/C30H28ClFN4O6S.C2H3O5P.2Na/c1-36(30(37,38)17-43(2,39)40)15-23-8-11-27(42-23)20-6-9-26-24(13-20)29(34-18-33-26)35-22-7-10-28(25(31)14-22)41-16-19-4-3-5-21(32)12-19;3-1-6-2-7-8(4)5;;/h3-14,18,37-38H,15-17H2,1-2H3,(H,33,34,35);1H,2H2;;/q;-2;2*+1. The van der Waals surface area contributed by atoms with E-state index in [0.717, 1.165) is 11.2 Å². The largest absolute Gasteiger partial charge is 1.00 e. The number of benzene rings is 3. The minimum atomic E-state index is -3.64. The van der Waals surface area contributed by atoms with Crippen molar-refractivity contribution < 1.29 is 115 Å². The molecule has 0 atom stereocenters. The third-order valence-corrected chi connectivity index (χ3v) is 8.34. The van der Waals surface area contributed by atoms with Crippen molar-refractivity contribution in [3.63, 3.8) is 0 Å². The summed E-state index contributed by atoms with van der Waals surface area (Å²) in [5.41, 5.74) is 2.73. The zero-order valence-electron chi connectivity index (χ0n) is 28.9. The molecule has 21 heteroatoms. The summed E-state index contributed by atoms with van der Waals surface area (Å²) in [5, 5.41) is 24.7. The van der Waals surface area contributed by atoms with Crippen molar-refractivity contribution in [3.05, 3.63) is 101 Å². The van der Waals surface area contributed by atoms with Gasteiger partial charge in [0, 0.05) is 22.9 Å². The van der Waals surface area contributed by atoms with Gasteiger partial charge in [-0.05, 0) is 73.3 Å². The number of hydrogen-bond acceptors (Lipinski definition) is 15. The van der Waals surface area contributed by atoms with Crippen molar-refractivity contribution in [1.29, 1.82) is 0 Å². The van der Waals surface area contributed by atoms with Crippen molar-refractivity contribution in [2.24, 2.45) is 0 Å². The summed E-state index contributed by atoms with van der Waals surface area (Å²) in [6, 6.07) is 20.3. The summed E-state index contributed by atoms with van der Waals surface area (Å²) < 4.78 is 55.9. The molecule has 0 amide bonds. The maximum Gasteiger partial charge on any atom is 1.00 e. The van der Waals surface area contributed by atoms with Gasteiger partial charge in [-0.3, -0.25) is 4.79 Å². The first-order valence-electron chi connectivity index (χ1n) is 14.6. The van der Waals surface area contributed by atoms with Crippen LogP contribution in [0.2, 0.25) is 5.02 Å². The number of hydrogen-bond donors (Lipinski definition) is 3. The fourth-order valence-electron chi connectivity index (χ4n) is 4.47. The van der Waals surface area contributed by atoms with E-state index in [-0.39, 0.29) is 84.6 Å². The Hall–Kier alpha value is -2.29. The average Bonchev–Trinajstić information content (AvgIpc) is 3.52. The molecule has 0 saturated heterocycles. The van der Waals surface area contributed by atoms with Gasteiger partial charge < -0.3 is 43.7 Å². The summed E-state index contributed by atoms with van der Waals surface area (Å²) in [5.74, 6) is -1.87. The smallest absolute Gasteiger partial charge is 0.820 e. The van der Waals surface area contributed by atoms with E-state index >= 15 is 0 Å². The molecule has 3 aromatic carbocycles. The molecule has 15 nitrogen and oxygen atoms in total. The van der Waals surface area contributed by atoms with E-state index in [1.165, 1.54) is 25.5 Å². The minimum absolute atomic E-state index is 0. The molecule has 0 fully saturated rings. The van der Waals surface area contributed by atoms with Gasteiger partial charge in [-0.15, -0.1) is 0 Å². The van der Waals surface area contributed by atoms with Gasteiger partial charge in [-0.25, -0.2) is 27.7 Å². The van der Waals surface area contributed by atoms with Crippen LogP contribution in [0.4, 0.5) is 15.9 Å². The molecular formula is C32H31ClFN4Na2O11PS. The Balaban J connectivity index is 0.000000874. The number of nitrogens with zero attached hydrogens (tertiary/aromatic N) is 3. The van der Waals surface area contributed by atoms with E-state index in [1.807, 2.05) is 18.2 Å². The number of anilines is 2. The van der Waals surface area contributed by atoms with Gasteiger partial charge in [0.25, 0.3) is 6.47 Å². The van der Waals surface area contributed by atoms with Crippen molar-refractivity contribution in [1.82, 2.24) is 14.9 Å². The molecule has 0 bridgehead atoms. The van der Waals surface area contributed by atoms with Crippen molar-refractivity contribution in [2.75, 3.05) is 31.2 Å². The second kappa shape index (κ2) is 21.7. The molecule has 0 spiro atoms. The van der Waals surface area contributed by atoms with Crippen LogP contribution in [-0.2, 0) is 37.0 Å². The molecule has 2 heterocycles. The van der Waals surface area contributed by atoms with E-state index in [0.29, 0.717) is 55.8 Å². The van der Waals surface area contributed by atoms with E-state index in [1.54, 1.807) is 42.5 Å². The Kier molecular flexibility index (Phi) is 19.2. The van der Waals surface area contributed by atoms with Crippen LogP contribution in [-0.4, -0.2) is 71.7 Å². The van der Waals surface area contributed by atoms with Crippen LogP contribution in [0.15, 0.2) is 83.5 Å². The number of furan rings is 1. The zero-order valence-corrected chi connectivity index (χ0v) is 35.4. The molecule has 0 aliphatic heterocycles. The molecule has 5 rings (SSSR count). The molecule has 272 valence electrons. The summed E-state index contributed by atoms with van der Waals surface area (Å²) in [7, 11) is -5.15. The summed E-state index contributed by atoms with van der Waals surface area (Å²) >= 11 is 6.47. The van der Waals surface area contributed by atoms with Crippen LogP contribution < -0.4 is 79.0 Å². The molecule has 5 aromatic rings. The molecule has 2 aromatic heterocycles. The predicted octanol–water partition coefficient (Wildman–Crippen LogP) is -2.79. The van der Waals surface area contributed by atoms with E-state index in [9.17, 15) is 37.6 Å². The number of ether oxygens (including phenoxy) is 2. The normalized spacial score (nSPS) is 11.3. The van der Waals surface area contributed by atoms with Crippen LogP contribution >= 0.6 is 20.2 Å². The van der Waals surface area contributed by atoms with Crippen LogP contribution in [0.25, 0.3) is 22.2 Å². The van der Waals surface area contributed by atoms with Gasteiger partial charge in [0.05, 0.1) is 17.1 Å². The fourth-order valence-corrected chi connectivity index (χ4v) is 5.78. The topological polar surface area (TPSA) is 220 Å². The summed E-state index contributed by atoms with van der Waals surface area (Å²) in [6.45, 7) is -0.328. The van der Waals surface area contributed by atoms with Crippen molar-refractivity contribution >= 4 is 58.9 Å². The second-order valence-electron chi connectivity index (χ2n) is 10.8. The van der Waals surface area contributed by atoms with Gasteiger partial charge in [0.15, 0.2) is 16.6 Å². The molecule has 0 saturated carbocycles. The first-order chi connectivity index (χ1) is 24.1. The third-order valence-electron chi connectivity index (χ3n) is 6.81. The number of fused-ring (bicyclic) bond motifs is 1. The van der Waals surface area contributed by atoms with Gasteiger partial charge >= 0.3 is 59.1 Å². The Morgan fingerprint density at radius 1 is 1.08 bits per heavy atom. The maximum atomic E-state index is 13.5. The Bertz CT molecular complexity index is 2070. The number of halogens is 2. The maximum absolute atomic E-state index is 13.5. The van der Waals surface area contributed by atoms with Crippen LogP contribution in [0.5, 0.6) is 5.75 Å². The van der Waals surface area contributed by atoms with E-state index in [2.05, 4.69) is 24.5 Å². The average molecular weight is 811 g/mol. The molecule has 3 N–H and O–H groups in total. The molecule has 0 aliphatic rings. The van der Waals surface area contributed by atoms with Gasteiger partial charge in [0.1, 0.15) is 47.6 Å². The van der Waals surface area contributed by atoms with Gasteiger partial charge in [0.2, 0.25) is 5.91 Å². The van der Waals surface area contributed by atoms with Crippen LogP contribution in [0, 0.1) is 5.82 Å². The SMILES string of the molecule is CN(Cc1ccc(-c2ccc3ncnc(Nc4ccc(OCc5cccc(F)c5)c(Cl)c4)c3c2)o1)C(O)(O)CS(C)(=O)=O.O=COCOP([O-])[O-].[Na+].[Na+]. The number of carbonyl (C=O) groups is 1. The van der Waals surface area contributed by atoms with Crippen molar-refractivity contribution in [2.45, 2.75) is 19.1 Å². The molecular weight excluding hydrogens is 780 g/mol. The Morgan fingerprint density at radius 2 is 1.83 bits per heavy atom. The number of aliphatic hydroxyl groups is 2. The van der Waals surface area contributed by atoms with Gasteiger partial charge in [-0.1, -0.05) is 23.7 Å². The van der Waals surface area contributed by atoms with E-state index < -0.39 is 36.9 Å². The number of sulfone groups is 1. The number of aromatic nitrogens is 2. The molecule has 0 aliphatic carbocycles. The first-order valence-corrected chi connectivity index (χ1v) is 18.1. The van der Waals surface area contributed by atoms with Gasteiger partial charge in [-0.2, -0.15) is 8.60 Å². The number of carbonyl (C=O) groups excluding carboxylic acids is 1. The number of nitrogens with one attached hydrogen (secondary N) is 1. The zero-order chi connectivity index (χ0) is 37.2. The minimum Gasteiger partial charge on any atom is -0.820 e. The molecule has 53 heavy (non-hydrogen) atoms. The van der Waals surface area contributed by atoms with Crippen LogP contribution in [0.3, 0.4) is 0 Å². The van der Waals surface area contributed by atoms with Crippen molar-refractivity contribution in [3.8, 4) is 17.1 Å². The number of rotatable bonds is 15. The Labute approximate surface area is 354 Å². The molecule has 0 unspecified atom stereocenters. The van der Waals surface area contributed by atoms with E-state index in [4.69, 9.17) is 20.8 Å². The predicted molar refractivity (Wildman–Crippen MR) is 181 cm³/mol. The third kappa shape index (κ3) is 15.0. The summed E-state index contributed by atoms with van der Waals surface area (Å²) in [4.78, 5) is 38.1. The quantitative estimate of drug-likeness (QED) is 0.0320. The first kappa shape index (κ1) is 46.9. The fraction of sp³-hybridized carbons (Fsp3) is 0.219. The summed E-state index contributed by atoms with van der Waals surface area (Å²) in [6.07, 6.45) is 2.37. The van der Waals surface area contributed by atoms with Crippen LogP contribution in [0.1, 0.15) is 11.3 Å². The second-order valence-corrected chi connectivity index (χ2v) is 14.1. The monoisotopic (exact) mass is 810 g/mol.